The third kappa shape index (κ3) is 3.45. The zero-order valence-corrected chi connectivity index (χ0v) is 12.1. The molecule has 0 aromatic heterocycles. The Hall–Kier alpha value is -0.0800. The van der Waals surface area contributed by atoms with Gasteiger partial charge in [-0.2, -0.15) is 0 Å². The number of likely N-dealkylation sites (N-methyl/N-ethyl adjacent to an activating group) is 1. The Morgan fingerprint density at radius 1 is 1.12 bits per heavy atom. The molecular weight excluding hydrogens is 208 g/mol. The molecule has 0 spiro atoms. The number of nitrogens with zero attached hydrogens (tertiary/aromatic N) is 1. The molecule has 2 heteroatoms. The lowest BCUT2D eigenvalue weighted by atomic mass is 9.84. The van der Waals surface area contributed by atoms with Gasteiger partial charge in [-0.25, -0.2) is 0 Å². The lowest BCUT2D eigenvalue weighted by Gasteiger charge is -2.43. The fourth-order valence-electron chi connectivity index (χ4n) is 3.30. The summed E-state index contributed by atoms with van der Waals surface area (Å²) in [6, 6.07) is 1.54. The maximum absolute atomic E-state index is 3.67. The summed E-state index contributed by atoms with van der Waals surface area (Å²) >= 11 is 0. The fraction of sp³-hybridized carbons (Fsp3) is 1.00. The van der Waals surface area contributed by atoms with E-state index in [-0.39, 0.29) is 0 Å². The third-order valence-corrected chi connectivity index (χ3v) is 4.83. The molecule has 2 rings (SSSR count). The zero-order valence-electron chi connectivity index (χ0n) is 12.1. The second-order valence-electron chi connectivity index (χ2n) is 6.53. The van der Waals surface area contributed by atoms with Crippen LogP contribution in [0.15, 0.2) is 0 Å². The van der Waals surface area contributed by atoms with Gasteiger partial charge in [0.1, 0.15) is 0 Å². The van der Waals surface area contributed by atoms with Crippen LogP contribution in [0.5, 0.6) is 0 Å². The van der Waals surface area contributed by atoms with E-state index in [0.29, 0.717) is 0 Å². The van der Waals surface area contributed by atoms with Crippen LogP contribution in [0.4, 0.5) is 0 Å². The van der Waals surface area contributed by atoms with Crippen molar-refractivity contribution in [1.82, 2.24) is 10.2 Å². The maximum Gasteiger partial charge on any atom is 0.0198 e. The second-order valence-corrected chi connectivity index (χ2v) is 6.53. The van der Waals surface area contributed by atoms with Crippen LogP contribution in [0.1, 0.15) is 47.0 Å². The number of nitrogens with one attached hydrogen (secondary N) is 1. The molecule has 2 fully saturated rings. The summed E-state index contributed by atoms with van der Waals surface area (Å²) in [6.07, 6.45) is 4.31. The van der Waals surface area contributed by atoms with E-state index in [1.54, 1.807) is 0 Å². The van der Waals surface area contributed by atoms with Gasteiger partial charge >= 0.3 is 0 Å². The van der Waals surface area contributed by atoms with E-state index >= 15 is 0 Å². The molecule has 1 N–H and O–H groups in total. The van der Waals surface area contributed by atoms with Crippen molar-refractivity contribution in [2.24, 2.45) is 17.8 Å². The van der Waals surface area contributed by atoms with E-state index in [0.717, 1.165) is 36.4 Å². The number of hydrogen-bond acceptors (Lipinski definition) is 2. The molecule has 1 aliphatic carbocycles. The normalized spacial score (nSPS) is 33.0. The fourth-order valence-corrected chi connectivity index (χ4v) is 3.30. The molecule has 0 amide bonds. The highest BCUT2D eigenvalue weighted by molar-refractivity contribution is 4.92. The molecule has 1 saturated carbocycles. The second kappa shape index (κ2) is 5.71. The monoisotopic (exact) mass is 238 g/mol. The van der Waals surface area contributed by atoms with E-state index in [2.05, 4.69) is 37.9 Å². The van der Waals surface area contributed by atoms with Crippen molar-refractivity contribution in [3.63, 3.8) is 0 Å². The van der Waals surface area contributed by atoms with Crippen molar-refractivity contribution in [3.8, 4) is 0 Å². The number of piperidine rings is 1. The van der Waals surface area contributed by atoms with E-state index in [4.69, 9.17) is 0 Å². The lowest BCUT2D eigenvalue weighted by Crippen LogP contribution is -2.53. The molecule has 3 atom stereocenters. The predicted octanol–water partition coefficient (Wildman–Crippen LogP) is 2.74. The molecule has 1 aliphatic heterocycles. The first-order chi connectivity index (χ1) is 8.11. The number of hydrogen-bond donors (Lipinski definition) is 1. The Balaban J connectivity index is 1.94. The summed E-state index contributed by atoms with van der Waals surface area (Å²) < 4.78 is 0. The van der Waals surface area contributed by atoms with Crippen molar-refractivity contribution in [2.75, 3.05) is 19.6 Å². The largest absolute Gasteiger partial charge is 0.313 e. The number of likely N-dealkylation sites (tertiary alicyclic amines) is 1. The first-order valence-electron chi connectivity index (χ1n) is 7.59. The van der Waals surface area contributed by atoms with Gasteiger partial charge < -0.3 is 5.32 Å². The summed E-state index contributed by atoms with van der Waals surface area (Å²) in [5.74, 6) is 2.71. The highest BCUT2D eigenvalue weighted by Gasteiger charge is 2.37. The summed E-state index contributed by atoms with van der Waals surface area (Å²) in [4.78, 5) is 2.76. The standard InChI is InChI=1S/C15H30N2/c1-5-16-15-8-14(11(2)3)9-17(10-15)12(4)13-6-7-13/h11-16H,5-10H2,1-4H3. The minimum absolute atomic E-state index is 0.724. The van der Waals surface area contributed by atoms with Gasteiger partial charge in [0, 0.05) is 25.2 Å². The van der Waals surface area contributed by atoms with Crippen LogP contribution >= 0.6 is 0 Å². The third-order valence-electron chi connectivity index (χ3n) is 4.83. The minimum atomic E-state index is 0.724. The Morgan fingerprint density at radius 3 is 2.35 bits per heavy atom. The topological polar surface area (TPSA) is 15.3 Å². The van der Waals surface area contributed by atoms with Gasteiger partial charge in [-0.05, 0) is 50.5 Å². The molecule has 1 saturated heterocycles. The van der Waals surface area contributed by atoms with E-state index in [1.165, 1.54) is 32.4 Å². The minimum Gasteiger partial charge on any atom is -0.313 e. The van der Waals surface area contributed by atoms with Crippen molar-refractivity contribution in [3.05, 3.63) is 0 Å². The van der Waals surface area contributed by atoms with Gasteiger partial charge in [-0.3, -0.25) is 4.90 Å². The first-order valence-corrected chi connectivity index (χ1v) is 7.59. The first kappa shape index (κ1) is 13.4. The van der Waals surface area contributed by atoms with Gasteiger partial charge in [0.15, 0.2) is 0 Å². The van der Waals surface area contributed by atoms with Gasteiger partial charge in [0.05, 0.1) is 0 Å². The smallest absolute Gasteiger partial charge is 0.0198 e. The molecule has 1 heterocycles. The molecular formula is C15H30N2. The van der Waals surface area contributed by atoms with Crippen LogP contribution in [-0.2, 0) is 0 Å². The zero-order chi connectivity index (χ0) is 12.4. The molecule has 3 unspecified atom stereocenters. The van der Waals surface area contributed by atoms with Crippen molar-refractivity contribution >= 4 is 0 Å². The summed E-state index contributed by atoms with van der Waals surface area (Å²) in [5.41, 5.74) is 0. The molecule has 17 heavy (non-hydrogen) atoms. The SMILES string of the molecule is CCNC1CC(C(C)C)CN(C(C)C2CC2)C1. The predicted molar refractivity (Wildman–Crippen MR) is 74.2 cm³/mol. The molecule has 0 aromatic carbocycles. The number of rotatable bonds is 5. The Morgan fingerprint density at radius 2 is 1.82 bits per heavy atom. The molecule has 100 valence electrons. The van der Waals surface area contributed by atoms with Gasteiger partial charge in [0.2, 0.25) is 0 Å². The Bertz CT molecular complexity index is 235. The summed E-state index contributed by atoms with van der Waals surface area (Å²) in [5, 5.41) is 3.67. The Labute approximate surface area is 107 Å². The molecule has 0 radical (unpaired) electrons. The molecule has 0 bridgehead atoms. The van der Waals surface area contributed by atoms with Crippen LogP contribution in [0, 0.1) is 17.8 Å². The average molecular weight is 238 g/mol. The van der Waals surface area contributed by atoms with Crippen LogP contribution in [0.2, 0.25) is 0 Å². The van der Waals surface area contributed by atoms with E-state index in [1.807, 2.05) is 0 Å². The van der Waals surface area contributed by atoms with Crippen LogP contribution in [0.3, 0.4) is 0 Å². The van der Waals surface area contributed by atoms with Crippen molar-refractivity contribution < 1.29 is 0 Å². The average Bonchev–Trinajstić information content (AvgIpc) is 3.12. The highest BCUT2D eigenvalue weighted by atomic mass is 15.2. The molecule has 2 nitrogen and oxygen atoms in total. The summed E-state index contributed by atoms with van der Waals surface area (Å²) in [7, 11) is 0. The molecule has 2 aliphatic rings. The van der Waals surface area contributed by atoms with Crippen LogP contribution in [0.25, 0.3) is 0 Å². The van der Waals surface area contributed by atoms with Gasteiger partial charge in [-0.1, -0.05) is 20.8 Å². The van der Waals surface area contributed by atoms with Gasteiger partial charge in [0.25, 0.3) is 0 Å². The maximum atomic E-state index is 3.67. The lowest BCUT2D eigenvalue weighted by molar-refractivity contribution is 0.0766. The summed E-state index contributed by atoms with van der Waals surface area (Å²) in [6.45, 7) is 13.2. The van der Waals surface area contributed by atoms with Crippen LogP contribution < -0.4 is 5.32 Å². The van der Waals surface area contributed by atoms with E-state index < -0.39 is 0 Å². The van der Waals surface area contributed by atoms with Crippen LogP contribution in [-0.4, -0.2) is 36.6 Å². The Kier molecular flexibility index (Phi) is 4.48. The van der Waals surface area contributed by atoms with E-state index in [9.17, 15) is 0 Å². The van der Waals surface area contributed by atoms with Crippen molar-refractivity contribution in [1.29, 1.82) is 0 Å². The van der Waals surface area contributed by atoms with Crippen molar-refractivity contribution in [2.45, 2.75) is 59.0 Å². The van der Waals surface area contributed by atoms with Gasteiger partial charge in [-0.15, -0.1) is 0 Å². The molecule has 0 aromatic rings. The highest BCUT2D eigenvalue weighted by Crippen LogP contribution is 2.37. The quantitative estimate of drug-likeness (QED) is 0.792.